The zero-order valence-electron chi connectivity index (χ0n) is 11.8. The number of halogens is 1. The fraction of sp³-hybridized carbons (Fsp3) is 0.250. The summed E-state index contributed by atoms with van der Waals surface area (Å²) in [7, 11) is 0. The van der Waals surface area contributed by atoms with Crippen LogP contribution in [-0.2, 0) is 17.8 Å². The molecule has 0 atom stereocenters. The Morgan fingerprint density at radius 2 is 2.05 bits per heavy atom. The van der Waals surface area contributed by atoms with Crippen LogP contribution in [0.3, 0.4) is 0 Å². The average molecular weight is 288 g/mol. The van der Waals surface area contributed by atoms with E-state index in [0.29, 0.717) is 6.61 Å². The normalized spacial score (nSPS) is 10.2. The van der Waals surface area contributed by atoms with E-state index in [1.807, 2.05) is 31.2 Å². The summed E-state index contributed by atoms with van der Waals surface area (Å²) in [5.41, 5.74) is 1.11. The molecule has 0 saturated carbocycles. The van der Waals surface area contributed by atoms with Crippen molar-refractivity contribution in [2.45, 2.75) is 19.9 Å². The van der Waals surface area contributed by atoms with E-state index in [-0.39, 0.29) is 24.6 Å². The Kier molecular flexibility index (Phi) is 5.26. The third-order valence-corrected chi connectivity index (χ3v) is 2.89. The average Bonchev–Trinajstić information content (AvgIpc) is 2.49. The highest BCUT2D eigenvalue weighted by Gasteiger charge is 2.06. The lowest BCUT2D eigenvalue weighted by molar-refractivity contribution is -0.120. The number of hydrogen-bond donors (Lipinski definition) is 1. The van der Waals surface area contributed by atoms with Crippen molar-refractivity contribution in [1.29, 1.82) is 0 Å². The van der Waals surface area contributed by atoms with E-state index in [0.717, 1.165) is 11.3 Å². The third-order valence-electron chi connectivity index (χ3n) is 2.89. The summed E-state index contributed by atoms with van der Waals surface area (Å²) < 4.78 is 18.7. The van der Waals surface area contributed by atoms with E-state index in [4.69, 9.17) is 4.74 Å². The number of nitrogens with one attached hydrogen (secondary N) is 1. The maximum absolute atomic E-state index is 13.4. The maximum Gasteiger partial charge on any atom is 0.224 e. The Morgan fingerprint density at radius 1 is 1.29 bits per heavy atom. The van der Waals surface area contributed by atoms with Gasteiger partial charge in [0.2, 0.25) is 5.91 Å². The number of benzene rings is 1. The second kappa shape index (κ2) is 7.38. The topological polar surface area (TPSA) is 51.2 Å². The van der Waals surface area contributed by atoms with Gasteiger partial charge >= 0.3 is 0 Å². The van der Waals surface area contributed by atoms with Crippen molar-refractivity contribution in [3.05, 3.63) is 59.7 Å². The third kappa shape index (κ3) is 4.56. The first-order valence-corrected chi connectivity index (χ1v) is 6.77. The van der Waals surface area contributed by atoms with Crippen LogP contribution < -0.4 is 10.1 Å². The summed E-state index contributed by atoms with van der Waals surface area (Å²) in [4.78, 5) is 15.7. The van der Waals surface area contributed by atoms with Gasteiger partial charge in [0.15, 0.2) is 0 Å². The van der Waals surface area contributed by atoms with Gasteiger partial charge < -0.3 is 10.1 Å². The fourth-order valence-electron chi connectivity index (χ4n) is 1.85. The molecule has 1 aromatic heterocycles. The van der Waals surface area contributed by atoms with Gasteiger partial charge in [-0.05, 0) is 36.8 Å². The standard InChI is InChI=1S/C16H17FN2O2/c1-2-21-13-7-5-12(6-8-13)10-16(20)19-11-15-14(17)4-3-9-18-15/h3-9H,2,10-11H2,1H3,(H,19,20). The molecule has 110 valence electrons. The van der Waals surface area contributed by atoms with Crippen molar-refractivity contribution in [3.63, 3.8) is 0 Å². The van der Waals surface area contributed by atoms with Crippen molar-refractivity contribution < 1.29 is 13.9 Å². The predicted octanol–water partition coefficient (Wildman–Crippen LogP) is 2.48. The van der Waals surface area contributed by atoms with Crippen LogP contribution in [0.1, 0.15) is 18.2 Å². The van der Waals surface area contributed by atoms with Crippen LogP contribution in [-0.4, -0.2) is 17.5 Å². The Morgan fingerprint density at radius 3 is 2.71 bits per heavy atom. The lowest BCUT2D eigenvalue weighted by Gasteiger charge is -2.07. The van der Waals surface area contributed by atoms with E-state index in [1.165, 1.54) is 18.3 Å². The SMILES string of the molecule is CCOc1ccc(CC(=O)NCc2ncccc2F)cc1. The highest BCUT2D eigenvalue weighted by atomic mass is 19.1. The molecule has 2 rings (SSSR count). The molecule has 0 radical (unpaired) electrons. The number of ether oxygens (including phenoxy) is 1. The van der Waals surface area contributed by atoms with Crippen LogP contribution >= 0.6 is 0 Å². The molecule has 0 saturated heterocycles. The molecule has 0 bridgehead atoms. The molecule has 1 aromatic carbocycles. The lowest BCUT2D eigenvalue weighted by Crippen LogP contribution is -2.25. The molecule has 1 amide bonds. The summed E-state index contributed by atoms with van der Waals surface area (Å²) in [6.45, 7) is 2.61. The number of hydrogen-bond acceptors (Lipinski definition) is 3. The van der Waals surface area contributed by atoms with Crippen LogP contribution in [0.15, 0.2) is 42.6 Å². The summed E-state index contributed by atoms with van der Waals surface area (Å²) in [6.07, 6.45) is 1.73. The number of rotatable bonds is 6. The van der Waals surface area contributed by atoms with E-state index in [1.54, 1.807) is 0 Å². The van der Waals surface area contributed by atoms with E-state index >= 15 is 0 Å². The largest absolute Gasteiger partial charge is 0.494 e. The van der Waals surface area contributed by atoms with Gasteiger partial charge in [0, 0.05) is 6.20 Å². The van der Waals surface area contributed by atoms with Gasteiger partial charge in [-0.1, -0.05) is 12.1 Å². The molecule has 4 nitrogen and oxygen atoms in total. The van der Waals surface area contributed by atoms with Gasteiger partial charge in [0.1, 0.15) is 11.6 Å². The number of carbonyl (C=O) groups is 1. The second-order valence-corrected chi connectivity index (χ2v) is 4.46. The number of carbonyl (C=O) groups excluding carboxylic acids is 1. The molecule has 0 fully saturated rings. The van der Waals surface area contributed by atoms with Gasteiger partial charge in [-0.25, -0.2) is 4.39 Å². The number of amides is 1. The van der Waals surface area contributed by atoms with Crippen molar-refractivity contribution in [2.24, 2.45) is 0 Å². The first kappa shape index (κ1) is 15.0. The molecule has 0 unspecified atom stereocenters. The van der Waals surface area contributed by atoms with Gasteiger partial charge in [0.05, 0.1) is 25.3 Å². The Bertz CT molecular complexity index is 599. The summed E-state index contributed by atoms with van der Waals surface area (Å²) >= 11 is 0. The van der Waals surface area contributed by atoms with Gasteiger partial charge in [-0.15, -0.1) is 0 Å². The highest BCUT2D eigenvalue weighted by molar-refractivity contribution is 5.78. The Balaban J connectivity index is 1.85. The smallest absolute Gasteiger partial charge is 0.224 e. The van der Waals surface area contributed by atoms with Crippen molar-refractivity contribution in [1.82, 2.24) is 10.3 Å². The molecule has 0 aliphatic carbocycles. The number of pyridine rings is 1. The van der Waals surface area contributed by atoms with Crippen LogP contribution in [0.5, 0.6) is 5.75 Å². The number of nitrogens with zero attached hydrogens (tertiary/aromatic N) is 1. The van der Waals surface area contributed by atoms with Gasteiger partial charge in [0.25, 0.3) is 0 Å². The molecular formula is C16H17FN2O2. The second-order valence-electron chi connectivity index (χ2n) is 4.46. The minimum absolute atomic E-state index is 0.0858. The van der Waals surface area contributed by atoms with E-state index in [2.05, 4.69) is 10.3 Å². The Hall–Kier alpha value is -2.43. The molecule has 5 heteroatoms. The van der Waals surface area contributed by atoms with Crippen LogP contribution in [0.4, 0.5) is 4.39 Å². The first-order valence-electron chi connectivity index (χ1n) is 6.77. The van der Waals surface area contributed by atoms with Crippen LogP contribution in [0.25, 0.3) is 0 Å². The van der Waals surface area contributed by atoms with Gasteiger partial charge in [-0.2, -0.15) is 0 Å². The molecule has 1 N–H and O–H groups in total. The van der Waals surface area contributed by atoms with E-state index < -0.39 is 5.82 Å². The minimum Gasteiger partial charge on any atom is -0.494 e. The molecule has 2 aromatic rings. The molecular weight excluding hydrogens is 271 g/mol. The zero-order valence-corrected chi connectivity index (χ0v) is 11.8. The lowest BCUT2D eigenvalue weighted by atomic mass is 10.1. The maximum atomic E-state index is 13.4. The first-order chi connectivity index (χ1) is 10.2. The summed E-state index contributed by atoms with van der Waals surface area (Å²) in [5, 5.41) is 2.66. The highest BCUT2D eigenvalue weighted by Crippen LogP contribution is 2.12. The van der Waals surface area contributed by atoms with Crippen LogP contribution in [0, 0.1) is 5.82 Å². The fourth-order valence-corrected chi connectivity index (χ4v) is 1.85. The Labute approximate surface area is 123 Å². The molecule has 0 spiro atoms. The van der Waals surface area contributed by atoms with Crippen molar-refractivity contribution in [2.75, 3.05) is 6.61 Å². The van der Waals surface area contributed by atoms with Crippen LogP contribution in [0.2, 0.25) is 0 Å². The molecule has 21 heavy (non-hydrogen) atoms. The summed E-state index contributed by atoms with van der Waals surface area (Å²) in [5.74, 6) is 0.181. The molecule has 1 heterocycles. The van der Waals surface area contributed by atoms with Gasteiger partial charge in [-0.3, -0.25) is 9.78 Å². The summed E-state index contributed by atoms with van der Waals surface area (Å²) in [6, 6.07) is 10.2. The molecule has 0 aliphatic heterocycles. The monoisotopic (exact) mass is 288 g/mol. The van der Waals surface area contributed by atoms with Crippen molar-refractivity contribution in [3.8, 4) is 5.75 Å². The minimum atomic E-state index is -0.418. The quantitative estimate of drug-likeness (QED) is 0.888. The van der Waals surface area contributed by atoms with E-state index in [9.17, 15) is 9.18 Å². The van der Waals surface area contributed by atoms with Crippen molar-refractivity contribution >= 4 is 5.91 Å². The molecule has 0 aliphatic rings. The zero-order chi connectivity index (χ0) is 15.1. The number of aromatic nitrogens is 1. The predicted molar refractivity (Wildman–Crippen MR) is 77.4 cm³/mol.